The average molecular weight is 284 g/mol. The van der Waals surface area contributed by atoms with Crippen molar-refractivity contribution in [3.63, 3.8) is 0 Å². The van der Waals surface area contributed by atoms with E-state index in [2.05, 4.69) is 5.32 Å². The second-order valence-electron chi connectivity index (χ2n) is 4.49. The van der Waals surface area contributed by atoms with Crippen LogP contribution >= 0.6 is 0 Å². The molecule has 21 heavy (non-hydrogen) atoms. The normalized spacial score (nSPS) is 11.5. The van der Waals surface area contributed by atoms with E-state index in [9.17, 15) is 14.3 Å². The number of halogens is 1. The lowest BCUT2D eigenvalue weighted by atomic mass is 10.1. The molecule has 0 aromatic heterocycles. The highest BCUT2D eigenvalue weighted by Crippen LogP contribution is 2.18. The van der Waals surface area contributed by atoms with Crippen LogP contribution in [0.2, 0.25) is 0 Å². The summed E-state index contributed by atoms with van der Waals surface area (Å²) in [4.78, 5) is 11.8. The number of hydrogen-bond acceptors (Lipinski definition) is 3. The minimum atomic E-state index is -0.915. The molecule has 2 aromatic rings. The molecule has 0 fully saturated rings. The highest BCUT2D eigenvalue weighted by atomic mass is 19.1. The predicted octanol–water partition coefficient (Wildman–Crippen LogP) is 2.76. The third kappa shape index (κ3) is 3.88. The Balaban J connectivity index is 2.01. The first-order valence-corrected chi connectivity index (χ1v) is 6.32. The van der Waals surface area contributed by atoms with Crippen molar-refractivity contribution in [2.24, 2.45) is 0 Å². The summed E-state index contributed by atoms with van der Waals surface area (Å²) in [6.07, 6.45) is -1.04. The van der Waals surface area contributed by atoms with Gasteiger partial charge in [0.2, 0.25) is 5.91 Å². The number of anilines is 1. The van der Waals surface area contributed by atoms with Gasteiger partial charge in [-0.1, -0.05) is 30.3 Å². The maximum Gasteiger partial charge on any atom is 0.227 e. The fourth-order valence-electron chi connectivity index (χ4n) is 1.87. The van der Waals surface area contributed by atoms with Crippen LogP contribution in [0.1, 0.15) is 23.7 Å². The second-order valence-corrected chi connectivity index (χ2v) is 4.49. The van der Waals surface area contributed by atoms with E-state index in [4.69, 9.17) is 5.26 Å². The largest absolute Gasteiger partial charge is 0.388 e. The number of benzene rings is 2. The average Bonchev–Trinajstić information content (AvgIpc) is 2.50. The van der Waals surface area contributed by atoms with Gasteiger partial charge in [-0.25, -0.2) is 4.39 Å². The van der Waals surface area contributed by atoms with Gasteiger partial charge in [0.25, 0.3) is 0 Å². The van der Waals surface area contributed by atoms with Gasteiger partial charge in [-0.05, 0) is 23.8 Å². The van der Waals surface area contributed by atoms with Crippen molar-refractivity contribution in [1.29, 1.82) is 5.26 Å². The molecule has 106 valence electrons. The zero-order chi connectivity index (χ0) is 15.2. The summed E-state index contributed by atoms with van der Waals surface area (Å²) in [6, 6.07) is 14.2. The lowest BCUT2D eigenvalue weighted by Gasteiger charge is -2.11. The number of nitriles is 1. The molecule has 0 radical (unpaired) electrons. The maximum atomic E-state index is 13.2. The van der Waals surface area contributed by atoms with Gasteiger partial charge in [-0.3, -0.25) is 4.79 Å². The van der Waals surface area contributed by atoms with E-state index in [0.717, 1.165) is 6.07 Å². The number of aliphatic hydroxyl groups excluding tert-OH is 1. The Kier molecular flexibility index (Phi) is 4.64. The lowest BCUT2D eigenvalue weighted by molar-refractivity contribution is -0.118. The van der Waals surface area contributed by atoms with Crippen molar-refractivity contribution in [3.8, 4) is 6.07 Å². The minimum Gasteiger partial charge on any atom is -0.388 e. The molecule has 0 aliphatic carbocycles. The monoisotopic (exact) mass is 284 g/mol. The number of carbonyl (C=O) groups excluding carboxylic acids is 1. The molecule has 1 unspecified atom stereocenters. The summed E-state index contributed by atoms with van der Waals surface area (Å²) >= 11 is 0. The summed E-state index contributed by atoms with van der Waals surface area (Å²) in [5.74, 6) is -1.05. The molecule has 2 aromatic carbocycles. The van der Waals surface area contributed by atoms with E-state index in [1.807, 2.05) is 6.07 Å². The molecule has 0 saturated heterocycles. The lowest BCUT2D eigenvalue weighted by Crippen LogP contribution is -2.15. The number of carbonyl (C=O) groups is 1. The SMILES string of the molecule is N#Cc1cc(NC(=O)CC(O)c2ccccc2)ccc1F. The van der Waals surface area contributed by atoms with Crippen LogP contribution in [-0.4, -0.2) is 11.0 Å². The Morgan fingerprint density at radius 3 is 2.67 bits per heavy atom. The topological polar surface area (TPSA) is 73.1 Å². The first-order chi connectivity index (χ1) is 10.1. The van der Waals surface area contributed by atoms with Crippen LogP contribution in [0, 0.1) is 17.1 Å². The molecule has 0 heterocycles. The molecular weight excluding hydrogens is 271 g/mol. The number of nitrogens with one attached hydrogen (secondary N) is 1. The van der Waals surface area contributed by atoms with Gasteiger partial charge < -0.3 is 10.4 Å². The number of rotatable bonds is 4. The summed E-state index contributed by atoms with van der Waals surface area (Å²) < 4.78 is 13.2. The van der Waals surface area contributed by atoms with Crippen LogP contribution in [0.25, 0.3) is 0 Å². The van der Waals surface area contributed by atoms with E-state index >= 15 is 0 Å². The maximum absolute atomic E-state index is 13.2. The Hall–Kier alpha value is -2.71. The Labute approximate surface area is 121 Å². The third-order valence-electron chi connectivity index (χ3n) is 2.93. The smallest absolute Gasteiger partial charge is 0.227 e. The molecule has 1 atom stereocenters. The van der Waals surface area contributed by atoms with Gasteiger partial charge in [0, 0.05) is 5.69 Å². The van der Waals surface area contributed by atoms with Crippen LogP contribution in [0.3, 0.4) is 0 Å². The summed E-state index contributed by atoms with van der Waals surface area (Å²) in [6.45, 7) is 0. The fraction of sp³-hybridized carbons (Fsp3) is 0.125. The van der Waals surface area contributed by atoms with Gasteiger partial charge >= 0.3 is 0 Å². The van der Waals surface area contributed by atoms with Crippen LogP contribution in [0.4, 0.5) is 10.1 Å². The predicted molar refractivity (Wildman–Crippen MR) is 75.8 cm³/mol. The van der Waals surface area contributed by atoms with E-state index in [1.54, 1.807) is 30.3 Å². The van der Waals surface area contributed by atoms with Crippen molar-refractivity contribution in [2.45, 2.75) is 12.5 Å². The molecule has 0 bridgehead atoms. The highest BCUT2D eigenvalue weighted by molar-refractivity contribution is 5.91. The van der Waals surface area contributed by atoms with Crippen LogP contribution < -0.4 is 5.32 Å². The second kappa shape index (κ2) is 6.64. The number of amides is 1. The van der Waals surface area contributed by atoms with Crippen molar-refractivity contribution in [1.82, 2.24) is 0 Å². The molecule has 4 nitrogen and oxygen atoms in total. The molecule has 1 amide bonds. The third-order valence-corrected chi connectivity index (χ3v) is 2.93. The minimum absolute atomic E-state index is 0.122. The Morgan fingerprint density at radius 1 is 1.29 bits per heavy atom. The van der Waals surface area contributed by atoms with Gasteiger partial charge in [-0.2, -0.15) is 5.26 Å². The first-order valence-electron chi connectivity index (χ1n) is 6.32. The zero-order valence-corrected chi connectivity index (χ0v) is 11.1. The molecular formula is C16H13FN2O2. The highest BCUT2D eigenvalue weighted by Gasteiger charge is 2.13. The molecule has 2 N–H and O–H groups in total. The van der Waals surface area contributed by atoms with Crippen molar-refractivity contribution >= 4 is 11.6 Å². The fourth-order valence-corrected chi connectivity index (χ4v) is 1.87. The number of nitrogens with zero attached hydrogens (tertiary/aromatic N) is 1. The molecule has 5 heteroatoms. The van der Waals surface area contributed by atoms with E-state index in [0.29, 0.717) is 11.3 Å². The molecule has 0 spiro atoms. The van der Waals surface area contributed by atoms with E-state index in [-0.39, 0.29) is 12.0 Å². The standard InChI is InChI=1S/C16H13FN2O2/c17-14-7-6-13(8-12(14)10-18)19-16(21)9-15(20)11-4-2-1-3-5-11/h1-8,15,20H,9H2,(H,19,21). The van der Waals surface area contributed by atoms with Crippen molar-refractivity contribution in [3.05, 3.63) is 65.5 Å². The van der Waals surface area contributed by atoms with Gasteiger partial charge in [0.05, 0.1) is 18.1 Å². The van der Waals surface area contributed by atoms with Crippen LogP contribution in [0.15, 0.2) is 48.5 Å². The van der Waals surface area contributed by atoms with Crippen LogP contribution in [-0.2, 0) is 4.79 Å². The van der Waals surface area contributed by atoms with E-state index in [1.165, 1.54) is 12.1 Å². The van der Waals surface area contributed by atoms with Gasteiger partial charge in [-0.15, -0.1) is 0 Å². The summed E-state index contributed by atoms with van der Waals surface area (Å²) in [5, 5.41) is 21.2. The summed E-state index contributed by atoms with van der Waals surface area (Å²) in [5.41, 5.74) is 0.819. The molecule has 0 aliphatic rings. The Morgan fingerprint density at radius 2 is 2.00 bits per heavy atom. The van der Waals surface area contributed by atoms with Crippen LogP contribution in [0.5, 0.6) is 0 Å². The molecule has 0 aliphatic heterocycles. The molecule has 2 rings (SSSR count). The zero-order valence-electron chi connectivity index (χ0n) is 11.1. The first kappa shape index (κ1) is 14.7. The number of hydrogen-bond donors (Lipinski definition) is 2. The number of aliphatic hydroxyl groups is 1. The summed E-state index contributed by atoms with van der Waals surface area (Å²) in [7, 11) is 0. The van der Waals surface area contributed by atoms with Crippen molar-refractivity contribution in [2.75, 3.05) is 5.32 Å². The Bertz CT molecular complexity index is 680. The van der Waals surface area contributed by atoms with Gasteiger partial charge in [0.15, 0.2) is 0 Å². The quantitative estimate of drug-likeness (QED) is 0.906. The van der Waals surface area contributed by atoms with Crippen molar-refractivity contribution < 1.29 is 14.3 Å². The van der Waals surface area contributed by atoms with Gasteiger partial charge in [0.1, 0.15) is 11.9 Å². The van der Waals surface area contributed by atoms with E-state index < -0.39 is 17.8 Å². The molecule has 0 saturated carbocycles.